The Morgan fingerprint density at radius 1 is 1.17 bits per heavy atom. The van der Waals surface area contributed by atoms with Crippen molar-refractivity contribution >= 4 is 11.9 Å². The lowest BCUT2D eigenvalue weighted by molar-refractivity contribution is -0.151. The zero-order valence-electron chi connectivity index (χ0n) is 11.5. The van der Waals surface area contributed by atoms with Crippen LogP contribution < -0.4 is 0 Å². The van der Waals surface area contributed by atoms with Gasteiger partial charge in [-0.2, -0.15) is 0 Å². The molecule has 5 nitrogen and oxygen atoms in total. The van der Waals surface area contributed by atoms with Gasteiger partial charge < -0.3 is 9.47 Å². The normalized spacial score (nSPS) is 16.3. The fourth-order valence-corrected chi connectivity index (χ4v) is 2.28. The van der Waals surface area contributed by atoms with E-state index < -0.39 is 0 Å². The van der Waals surface area contributed by atoms with E-state index in [0.717, 1.165) is 25.7 Å². The first-order valence-corrected chi connectivity index (χ1v) is 6.53. The van der Waals surface area contributed by atoms with Crippen molar-refractivity contribution in [3.63, 3.8) is 0 Å². The largest absolute Gasteiger partial charge is 0.468 e. The molecule has 0 N–H and O–H groups in total. The van der Waals surface area contributed by atoms with Crippen molar-refractivity contribution in [1.29, 1.82) is 0 Å². The molecule has 1 saturated carbocycles. The fraction of sp³-hybridized carbons (Fsp3) is 0.846. The Labute approximate surface area is 108 Å². The molecule has 1 rings (SSSR count). The average Bonchev–Trinajstić information content (AvgIpc) is 2.80. The molecule has 1 aliphatic carbocycles. The molecule has 5 heteroatoms. The molecule has 0 atom stereocenters. The number of methoxy groups -OCH3 is 1. The van der Waals surface area contributed by atoms with Crippen LogP contribution in [0.5, 0.6) is 0 Å². The van der Waals surface area contributed by atoms with Crippen molar-refractivity contribution in [2.45, 2.75) is 51.7 Å². The van der Waals surface area contributed by atoms with Crippen LogP contribution in [0.4, 0.5) is 0 Å². The number of carbonyl (C=O) groups is 2. The summed E-state index contributed by atoms with van der Waals surface area (Å²) in [5, 5.41) is 0. The second kappa shape index (κ2) is 7.36. The minimum Gasteiger partial charge on any atom is -0.468 e. The molecule has 104 valence electrons. The number of nitrogens with zero attached hydrogens (tertiary/aromatic N) is 1. The van der Waals surface area contributed by atoms with E-state index in [1.165, 1.54) is 7.11 Å². The summed E-state index contributed by atoms with van der Waals surface area (Å²) in [5.41, 5.74) is 0. The van der Waals surface area contributed by atoms with Gasteiger partial charge in [0.1, 0.15) is 0 Å². The number of esters is 2. The Morgan fingerprint density at radius 2 is 1.72 bits per heavy atom. The Bertz CT molecular complexity index is 285. The van der Waals surface area contributed by atoms with Crippen LogP contribution in [-0.2, 0) is 19.1 Å². The third-order valence-electron chi connectivity index (χ3n) is 3.10. The van der Waals surface area contributed by atoms with Crippen LogP contribution >= 0.6 is 0 Å². The van der Waals surface area contributed by atoms with E-state index in [9.17, 15) is 9.59 Å². The van der Waals surface area contributed by atoms with Gasteiger partial charge in [0.05, 0.1) is 26.3 Å². The second-order valence-electron chi connectivity index (χ2n) is 4.96. The number of ether oxygens (including phenoxy) is 2. The minimum absolute atomic E-state index is 0.124. The SMILES string of the molecule is COC(=O)CN(CC(=O)OC(C)C)C1CCCC1. The summed E-state index contributed by atoms with van der Waals surface area (Å²) < 4.78 is 9.79. The molecular formula is C13H23NO4. The van der Waals surface area contributed by atoms with Gasteiger partial charge in [0, 0.05) is 6.04 Å². The monoisotopic (exact) mass is 257 g/mol. The summed E-state index contributed by atoms with van der Waals surface area (Å²) >= 11 is 0. The van der Waals surface area contributed by atoms with Gasteiger partial charge in [0.15, 0.2) is 0 Å². The van der Waals surface area contributed by atoms with E-state index in [4.69, 9.17) is 4.74 Å². The maximum atomic E-state index is 11.7. The molecule has 0 unspecified atom stereocenters. The molecule has 1 fully saturated rings. The van der Waals surface area contributed by atoms with E-state index in [0.29, 0.717) is 6.04 Å². The maximum absolute atomic E-state index is 11.7. The highest BCUT2D eigenvalue weighted by atomic mass is 16.5. The Hall–Kier alpha value is -1.10. The summed E-state index contributed by atoms with van der Waals surface area (Å²) in [6.07, 6.45) is 4.25. The highest BCUT2D eigenvalue weighted by molar-refractivity contribution is 5.75. The van der Waals surface area contributed by atoms with Crippen LogP contribution in [0.1, 0.15) is 39.5 Å². The van der Waals surface area contributed by atoms with Crippen molar-refractivity contribution in [1.82, 2.24) is 4.90 Å². The highest BCUT2D eigenvalue weighted by Crippen LogP contribution is 2.23. The average molecular weight is 257 g/mol. The fourth-order valence-electron chi connectivity index (χ4n) is 2.28. The molecule has 0 saturated heterocycles. The second-order valence-corrected chi connectivity index (χ2v) is 4.96. The van der Waals surface area contributed by atoms with E-state index in [2.05, 4.69) is 4.74 Å². The lowest BCUT2D eigenvalue weighted by Gasteiger charge is -2.26. The molecule has 1 aliphatic rings. The lowest BCUT2D eigenvalue weighted by atomic mass is 10.2. The molecule has 0 aromatic heterocycles. The Kier molecular flexibility index (Phi) is 6.12. The van der Waals surface area contributed by atoms with Crippen molar-refractivity contribution in [3.05, 3.63) is 0 Å². The van der Waals surface area contributed by atoms with E-state index in [1.54, 1.807) is 0 Å². The maximum Gasteiger partial charge on any atom is 0.320 e. The van der Waals surface area contributed by atoms with Crippen LogP contribution in [0.2, 0.25) is 0 Å². The lowest BCUT2D eigenvalue weighted by Crippen LogP contribution is -2.42. The first-order valence-electron chi connectivity index (χ1n) is 6.53. The summed E-state index contributed by atoms with van der Waals surface area (Å²) in [7, 11) is 1.36. The van der Waals surface area contributed by atoms with Gasteiger partial charge in [-0.3, -0.25) is 14.5 Å². The molecule has 0 aromatic rings. The number of hydrogen-bond acceptors (Lipinski definition) is 5. The van der Waals surface area contributed by atoms with Gasteiger partial charge >= 0.3 is 11.9 Å². The van der Waals surface area contributed by atoms with Gasteiger partial charge in [-0.05, 0) is 26.7 Å². The van der Waals surface area contributed by atoms with Gasteiger partial charge in [0.2, 0.25) is 0 Å². The van der Waals surface area contributed by atoms with Gasteiger partial charge in [-0.15, -0.1) is 0 Å². The van der Waals surface area contributed by atoms with Crippen LogP contribution in [0.3, 0.4) is 0 Å². The number of hydrogen-bond donors (Lipinski definition) is 0. The van der Waals surface area contributed by atoms with E-state index in [-0.39, 0.29) is 31.1 Å². The first-order chi connectivity index (χ1) is 8.52. The molecule has 0 spiro atoms. The summed E-state index contributed by atoms with van der Waals surface area (Å²) in [4.78, 5) is 24.9. The number of rotatable bonds is 6. The predicted octanol–water partition coefficient (Wildman–Crippen LogP) is 1.36. The molecule has 0 aliphatic heterocycles. The summed E-state index contributed by atoms with van der Waals surface area (Å²) in [6, 6.07) is 0.295. The van der Waals surface area contributed by atoms with Crippen molar-refractivity contribution in [2.24, 2.45) is 0 Å². The van der Waals surface area contributed by atoms with Crippen molar-refractivity contribution in [3.8, 4) is 0 Å². The topological polar surface area (TPSA) is 55.8 Å². The summed E-state index contributed by atoms with van der Waals surface area (Å²) in [6.45, 7) is 3.96. The standard InChI is InChI=1S/C13H23NO4/c1-10(2)18-13(16)9-14(8-12(15)17-3)11-6-4-5-7-11/h10-11H,4-9H2,1-3H3. The van der Waals surface area contributed by atoms with Crippen LogP contribution in [-0.4, -0.2) is 49.2 Å². The third kappa shape index (κ3) is 5.04. The Morgan fingerprint density at radius 3 is 2.22 bits per heavy atom. The number of carbonyl (C=O) groups excluding carboxylic acids is 2. The van der Waals surface area contributed by atoms with Crippen molar-refractivity contribution < 1.29 is 19.1 Å². The van der Waals surface area contributed by atoms with Gasteiger partial charge in [-0.1, -0.05) is 12.8 Å². The smallest absolute Gasteiger partial charge is 0.320 e. The molecule has 0 bridgehead atoms. The van der Waals surface area contributed by atoms with E-state index in [1.807, 2.05) is 18.7 Å². The van der Waals surface area contributed by atoms with Gasteiger partial charge in [-0.25, -0.2) is 0 Å². The highest BCUT2D eigenvalue weighted by Gasteiger charge is 2.27. The predicted molar refractivity (Wildman–Crippen MR) is 67.1 cm³/mol. The summed E-state index contributed by atoms with van der Waals surface area (Å²) in [5.74, 6) is -0.583. The molecule has 18 heavy (non-hydrogen) atoms. The third-order valence-corrected chi connectivity index (χ3v) is 3.10. The van der Waals surface area contributed by atoms with Crippen molar-refractivity contribution in [2.75, 3.05) is 20.2 Å². The zero-order chi connectivity index (χ0) is 13.5. The first kappa shape index (κ1) is 15.0. The van der Waals surface area contributed by atoms with Crippen LogP contribution in [0, 0.1) is 0 Å². The molecule has 0 radical (unpaired) electrons. The Balaban J connectivity index is 2.53. The molecule has 0 amide bonds. The minimum atomic E-state index is -0.306. The molecular weight excluding hydrogens is 234 g/mol. The van der Waals surface area contributed by atoms with Gasteiger partial charge in [0.25, 0.3) is 0 Å². The zero-order valence-corrected chi connectivity index (χ0v) is 11.5. The molecule has 0 aromatic carbocycles. The quantitative estimate of drug-likeness (QED) is 0.672. The van der Waals surface area contributed by atoms with E-state index >= 15 is 0 Å². The van der Waals surface area contributed by atoms with Crippen LogP contribution in [0.15, 0.2) is 0 Å². The van der Waals surface area contributed by atoms with Crippen LogP contribution in [0.25, 0.3) is 0 Å². The molecule has 0 heterocycles.